The third kappa shape index (κ3) is 4.37. The first-order chi connectivity index (χ1) is 24.8. The van der Waals surface area contributed by atoms with Crippen molar-refractivity contribution in [2.45, 2.75) is 0 Å². The first-order valence-corrected chi connectivity index (χ1v) is 16.8. The molecule has 0 saturated heterocycles. The Labute approximate surface area is 289 Å². The lowest BCUT2D eigenvalue weighted by atomic mass is 9.92. The quantitative estimate of drug-likeness (QED) is 0.192. The molecule has 0 unspecified atom stereocenters. The fourth-order valence-corrected chi connectivity index (χ4v) is 7.42. The van der Waals surface area contributed by atoms with Crippen molar-refractivity contribution in [3.8, 4) is 51.0 Å². The van der Waals surface area contributed by atoms with Gasteiger partial charge in [0, 0.05) is 44.3 Å². The molecule has 7 aromatic carbocycles. The Bertz CT molecular complexity index is 2640. The average molecular weight is 640 g/mol. The van der Waals surface area contributed by atoms with Crippen LogP contribution in [-0.4, -0.2) is 19.5 Å². The van der Waals surface area contributed by atoms with Crippen molar-refractivity contribution in [2.75, 3.05) is 4.90 Å². The average Bonchev–Trinajstić information content (AvgIpc) is 3.47. The summed E-state index contributed by atoms with van der Waals surface area (Å²) in [6.07, 6.45) is 0. The Kier molecular flexibility index (Phi) is 6.42. The molecular formula is C45H29N5. The zero-order chi connectivity index (χ0) is 33.0. The highest BCUT2D eigenvalue weighted by molar-refractivity contribution is 6.19. The fraction of sp³-hybridized carbons (Fsp3) is 0. The standard InChI is InChI=1S/C45H29N5/c1-4-16-30(17-5-1)43-46-44(31-18-6-2-7-19-31)48-45(47-43)50-39-26-14-11-23-34(39)36-29-28-35-33-22-10-13-25-38(33)49(32-20-8-3-9-21-32)40-27-15-12-24-37(40)41(35)42(36)50/h1-29H. The van der Waals surface area contributed by atoms with Crippen LogP contribution in [0.1, 0.15) is 0 Å². The van der Waals surface area contributed by atoms with E-state index in [1.165, 1.54) is 0 Å². The van der Waals surface area contributed by atoms with Crippen molar-refractivity contribution in [3.05, 3.63) is 176 Å². The van der Waals surface area contributed by atoms with Crippen LogP contribution in [0.3, 0.4) is 0 Å². The summed E-state index contributed by atoms with van der Waals surface area (Å²) in [6, 6.07) is 61.5. The van der Waals surface area contributed by atoms with E-state index in [4.69, 9.17) is 15.0 Å². The third-order valence-corrected chi connectivity index (χ3v) is 9.59. The minimum absolute atomic E-state index is 0.576. The molecule has 10 rings (SSSR count). The van der Waals surface area contributed by atoms with Crippen LogP contribution in [0.4, 0.5) is 17.1 Å². The molecule has 0 spiro atoms. The Balaban J connectivity index is 1.36. The monoisotopic (exact) mass is 639 g/mol. The van der Waals surface area contributed by atoms with E-state index in [1.807, 2.05) is 36.4 Å². The van der Waals surface area contributed by atoms with Gasteiger partial charge in [-0.25, -0.2) is 4.98 Å². The number of para-hydroxylation sites is 4. The van der Waals surface area contributed by atoms with Gasteiger partial charge in [-0.3, -0.25) is 4.57 Å². The van der Waals surface area contributed by atoms with Gasteiger partial charge < -0.3 is 4.90 Å². The van der Waals surface area contributed by atoms with E-state index < -0.39 is 0 Å². The van der Waals surface area contributed by atoms with Crippen molar-refractivity contribution >= 4 is 38.9 Å². The number of hydrogen-bond donors (Lipinski definition) is 0. The van der Waals surface area contributed by atoms with Crippen molar-refractivity contribution in [1.29, 1.82) is 0 Å². The molecule has 0 aliphatic carbocycles. The van der Waals surface area contributed by atoms with Gasteiger partial charge in [0.2, 0.25) is 5.95 Å². The molecule has 0 radical (unpaired) electrons. The van der Waals surface area contributed by atoms with E-state index in [0.717, 1.165) is 72.2 Å². The van der Waals surface area contributed by atoms with Gasteiger partial charge in [0.1, 0.15) is 0 Å². The molecule has 3 heterocycles. The predicted octanol–water partition coefficient (Wildman–Crippen LogP) is 11.4. The first-order valence-electron chi connectivity index (χ1n) is 16.8. The lowest BCUT2D eigenvalue weighted by Crippen LogP contribution is -2.10. The first kappa shape index (κ1) is 28.2. The Morgan fingerprint density at radius 1 is 0.380 bits per heavy atom. The predicted molar refractivity (Wildman–Crippen MR) is 204 cm³/mol. The minimum atomic E-state index is 0.576. The molecule has 0 atom stereocenters. The number of fused-ring (bicyclic) bond motifs is 9. The second-order valence-electron chi connectivity index (χ2n) is 12.5. The number of rotatable bonds is 4. The Morgan fingerprint density at radius 3 is 1.60 bits per heavy atom. The summed E-state index contributed by atoms with van der Waals surface area (Å²) in [5, 5.41) is 2.28. The molecule has 0 fully saturated rings. The summed E-state index contributed by atoms with van der Waals surface area (Å²) in [4.78, 5) is 17.9. The van der Waals surface area contributed by atoms with Crippen LogP contribution in [0.15, 0.2) is 176 Å². The molecule has 1 aliphatic heterocycles. The van der Waals surface area contributed by atoms with E-state index in [-0.39, 0.29) is 0 Å². The molecule has 2 aromatic heterocycles. The molecule has 9 aromatic rings. The van der Waals surface area contributed by atoms with Gasteiger partial charge in [0.15, 0.2) is 11.6 Å². The van der Waals surface area contributed by atoms with E-state index in [1.54, 1.807) is 0 Å². The summed E-state index contributed by atoms with van der Waals surface area (Å²) >= 11 is 0. The highest BCUT2D eigenvalue weighted by Gasteiger charge is 2.30. The van der Waals surface area contributed by atoms with Crippen LogP contribution < -0.4 is 4.90 Å². The van der Waals surface area contributed by atoms with Gasteiger partial charge in [0.05, 0.1) is 22.4 Å². The molecule has 0 amide bonds. The molecule has 5 heteroatoms. The van der Waals surface area contributed by atoms with E-state index in [9.17, 15) is 0 Å². The number of aromatic nitrogens is 4. The van der Waals surface area contributed by atoms with Crippen LogP contribution in [0.25, 0.3) is 72.8 Å². The van der Waals surface area contributed by atoms with Crippen molar-refractivity contribution in [2.24, 2.45) is 0 Å². The number of benzene rings is 7. The summed E-state index contributed by atoms with van der Waals surface area (Å²) in [7, 11) is 0. The summed E-state index contributed by atoms with van der Waals surface area (Å²) in [5.74, 6) is 1.83. The van der Waals surface area contributed by atoms with E-state index >= 15 is 0 Å². The molecule has 234 valence electrons. The maximum absolute atomic E-state index is 5.24. The van der Waals surface area contributed by atoms with Crippen LogP contribution in [0.5, 0.6) is 0 Å². The SMILES string of the molecule is c1ccc(-c2nc(-c3ccccc3)nc(-n3c4ccccc4c4ccc5c(c43)-c3ccccc3N(c3ccccc3)c3ccccc3-5)n2)cc1. The maximum atomic E-state index is 5.24. The van der Waals surface area contributed by atoms with Crippen molar-refractivity contribution in [3.63, 3.8) is 0 Å². The lowest BCUT2D eigenvalue weighted by Gasteiger charge is -2.27. The number of hydrogen-bond acceptors (Lipinski definition) is 4. The van der Waals surface area contributed by atoms with Gasteiger partial charge >= 0.3 is 0 Å². The molecule has 0 bridgehead atoms. The Hall–Kier alpha value is -6.85. The molecule has 1 aliphatic rings. The van der Waals surface area contributed by atoms with Gasteiger partial charge in [0.25, 0.3) is 0 Å². The van der Waals surface area contributed by atoms with E-state index in [0.29, 0.717) is 17.6 Å². The van der Waals surface area contributed by atoms with Crippen LogP contribution in [0, 0.1) is 0 Å². The second kappa shape index (κ2) is 11.4. The number of nitrogens with zero attached hydrogens (tertiary/aromatic N) is 5. The molecule has 0 N–H and O–H groups in total. The molecular weight excluding hydrogens is 611 g/mol. The van der Waals surface area contributed by atoms with Gasteiger partial charge in [-0.05, 0) is 35.9 Å². The summed E-state index contributed by atoms with van der Waals surface area (Å²) in [6.45, 7) is 0. The van der Waals surface area contributed by atoms with Crippen LogP contribution >= 0.6 is 0 Å². The van der Waals surface area contributed by atoms with Crippen molar-refractivity contribution < 1.29 is 0 Å². The van der Waals surface area contributed by atoms with Crippen molar-refractivity contribution in [1.82, 2.24) is 19.5 Å². The van der Waals surface area contributed by atoms with Crippen LogP contribution in [0.2, 0.25) is 0 Å². The smallest absolute Gasteiger partial charge is 0.238 e. The maximum Gasteiger partial charge on any atom is 0.238 e. The largest absolute Gasteiger partial charge is 0.309 e. The highest BCUT2D eigenvalue weighted by atomic mass is 15.2. The fourth-order valence-electron chi connectivity index (χ4n) is 7.42. The van der Waals surface area contributed by atoms with Crippen LogP contribution in [-0.2, 0) is 0 Å². The van der Waals surface area contributed by atoms with Gasteiger partial charge in [-0.15, -0.1) is 0 Å². The zero-order valence-electron chi connectivity index (χ0n) is 27.0. The van der Waals surface area contributed by atoms with Gasteiger partial charge in [-0.2, -0.15) is 9.97 Å². The van der Waals surface area contributed by atoms with Gasteiger partial charge in [-0.1, -0.05) is 146 Å². The number of anilines is 3. The van der Waals surface area contributed by atoms with E-state index in [2.05, 4.69) is 149 Å². The molecule has 5 nitrogen and oxygen atoms in total. The minimum Gasteiger partial charge on any atom is -0.309 e. The zero-order valence-corrected chi connectivity index (χ0v) is 27.0. The Morgan fingerprint density at radius 2 is 0.920 bits per heavy atom. The molecule has 0 saturated carbocycles. The molecule has 50 heavy (non-hydrogen) atoms. The summed E-state index contributed by atoms with van der Waals surface area (Å²) in [5.41, 5.74) is 11.9. The summed E-state index contributed by atoms with van der Waals surface area (Å²) < 4.78 is 2.25. The topological polar surface area (TPSA) is 46.8 Å². The third-order valence-electron chi connectivity index (χ3n) is 9.59. The normalized spacial score (nSPS) is 12.0. The second-order valence-corrected chi connectivity index (χ2v) is 12.5. The highest BCUT2D eigenvalue weighted by Crippen LogP contribution is 2.53. The lowest BCUT2D eigenvalue weighted by molar-refractivity contribution is 0.954.